The Morgan fingerprint density at radius 3 is 2.73 bits per heavy atom. The number of primary amides is 1. The van der Waals surface area contributed by atoms with Crippen LogP contribution >= 0.6 is 0 Å². The highest BCUT2D eigenvalue weighted by Crippen LogP contribution is 2.14. The fourth-order valence-corrected chi connectivity index (χ4v) is 3.32. The molecule has 0 spiro atoms. The Hall–Kier alpha value is -2.90. The smallest absolute Gasteiger partial charge is 0.221 e. The lowest BCUT2D eigenvalue weighted by atomic mass is 10.1. The van der Waals surface area contributed by atoms with E-state index in [0.717, 1.165) is 43.4 Å². The quantitative estimate of drug-likeness (QED) is 0.375. The normalized spacial score (nSPS) is 12.2. The summed E-state index contributed by atoms with van der Waals surface area (Å²) in [7, 11) is 0. The van der Waals surface area contributed by atoms with Crippen molar-refractivity contribution in [2.75, 3.05) is 19.7 Å². The first-order chi connectivity index (χ1) is 14.6. The summed E-state index contributed by atoms with van der Waals surface area (Å²) in [4.78, 5) is 15.3. The largest absolute Gasteiger partial charge is 0.491 e. The standard InChI is InChI=1S/C23H30N4O3/c24-23(29)14-18-8-10-20(11-9-18)30-16-19(28)15-25-12-4-1-5-13-27-17-26-21-6-2-3-7-22(21)27/h2-3,6-11,17,19,25,28H,1,4-5,12-16H2,(H2,24,29). The van der Waals surface area contributed by atoms with Crippen LogP contribution < -0.4 is 15.8 Å². The summed E-state index contributed by atoms with van der Waals surface area (Å²) < 4.78 is 7.78. The first kappa shape index (κ1) is 21.8. The van der Waals surface area contributed by atoms with Crippen LogP contribution in [0.2, 0.25) is 0 Å². The number of aliphatic hydroxyl groups is 1. The third-order valence-electron chi connectivity index (χ3n) is 4.90. The summed E-state index contributed by atoms with van der Waals surface area (Å²) in [5, 5.41) is 13.3. The molecular formula is C23H30N4O3. The van der Waals surface area contributed by atoms with E-state index < -0.39 is 6.10 Å². The van der Waals surface area contributed by atoms with Crippen LogP contribution in [0.1, 0.15) is 24.8 Å². The van der Waals surface area contributed by atoms with Crippen molar-refractivity contribution in [2.45, 2.75) is 38.3 Å². The number of carbonyl (C=O) groups excluding carboxylic acids is 1. The Labute approximate surface area is 176 Å². The molecule has 0 radical (unpaired) electrons. The molecule has 0 aliphatic heterocycles. The number of hydrogen-bond acceptors (Lipinski definition) is 5. The summed E-state index contributed by atoms with van der Waals surface area (Å²) in [6.07, 6.45) is 4.81. The zero-order valence-corrected chi connectivity index (χ0v) is 17.2. The molecule has 0 saturated carbocycles. The Morgan fingerprint density at radius 1 is 1.13 bits per heavy atom. The van der Waals surface area contributed by atoms with Gasteiger partial charge in [-0.3, -0.25) is 4.79 Å². The van der Waals surface area contributed by atoms with E-state index in [1.165, 1.54) is 5.52 Å². The zero-order chi connectivity index (χ0) is 21.2. The van der Waals surface area contributed by atoms with Crippen molar-refractivity contribution in [1.82, 2.24) is 14.9 Å². The molecule has 0 fully saturated rings. The van der Waals surface area contributed by atoms with Crippen molar-refractivity contribution in [3.8, 4) is 5.75 Å². The average Bonchev–Trinajstić information content (AvgIpc) is 3.15. The number of carbonyl (C=O) groups is 1. The zero-order valence-electron chi connectivity index (χ0n) is 17.2. The molecule has 3 rings (SSSR count). The van der Waals surface area contributed by atoms with E-state index in [-0.39, 0.29) is 18.9 Å². The molecule has 160 valence electrons. The number of benzene rings is 2. The third kappa shape index (κ3) is 6.86. The second-order valence-corrected chi connectivity index (χ2v) is 7.44. The number of imidazole rings is 1. The van der Waals surface area contributed by atoms with Gasteiger partial charge in [0.15, 0.2) is 0 Å². The second-order valence-electron chi connectivity index (χ2n) is 7.44. The molecule has 4 N–H and O–H groups in total. The summed E-state index contributed by atoms with van der Waals surface area (Å²) in [6.45, 7) is 2.54. The maximum Gasteiger partial charge on any atom is 0.221 e. The molecule has 0 aliphatic rings. The van der Waals surface area contributed by atoms with Gasteiger partial charge in [0.1, 0.15) is 18.5 Å². The maximum absolute atomic E-state index is 10.9. The van der Waals surface area contributed by atoms with Crippen molar-refractivity contribution in [2.24, 2.45) is 5.73 Å². The number of nitrogens with two attached hydrogens (primary N) is 1. The average molecular weight is 411 g/mol. The van der Waals surface area contributed by atoms with Crippen LogP contribution in [-0.4, -0.2) is 46.4 Å². The van der Waals surface area contributed by atoms with Crippen molar-refractivity contribution in [3.05, 3.63) is 60.4 Å². The molecule has 1 amide bonds. The van der Waals surface area contributed by atoms with E-state index >= 15 is 0 Å². The van der Waals surface area contributed by atoms with E-state index in [4.69, 9.17) is 10.5 Å². The SMILES string of the molecule is NC(=O)Cc1ccc(OCC(O)CNCCCCCn2cnc3ccccc32)cc1. The van der Waals surface area contributed by atoms with Crippen molar-refractivity contribution >= 4 is 16.9 Å². The molecule has 0 aliphatic carbocycles. The van der Waals surface area contributed by atoms with Crippen LogP contribution in [0.15, 0.2) is 54.9 Å². The van der Waals surface area contributed by atoms with Gasteiger partial charge in [-0.15, -0.1) is 0 Å². The first-order valence-corrected chi connectivity index (χ1v) is 10.4. The molecule has 7 nitrogen and oxygen atoms in total. The summed E-state index contributed by atoms with van der Waals surface area (Å²) in [5.74, 6) is 0.301. The molecular weight excluding hydrogens is 380 g/mol. The van der Waals surface area contributed by atoms with Gasteiger partial charge in [-0.25, -0.2) is 4.98 Å². The first-order valence-electron chi connectivity index (χ1n) is 10.4. The number of amides is 1. The predicted octanol–water partition coefficient (Wildman–Crippen LogP) is 2.26. The predicted molar refractivity (Wildman–Crippen MR) is 117 cm³/mol. The van der Waals surface area contributed by atoms with Crippen molar-refractivity contribution in [1.29, 1.82) is 0 Å². The van der Waals surface area contributed by atoms with Crippen LogP contribution in [0.25, 0.3) is 11.0 Å². The number of fused-ring (bicyclic) bond motifs is 1. The molecule has 1 heterocycles. The van der Waals surface area contributed by atoms with Crippen LogP contribution in [0.3, 0.4) is 0 Å². The van der Waals surface area contributed by atoms with E-state index in [0.29, 0.717) is 12.3 Å². The summed E-state index contributed by atoms with van der Waals surface area (Å²) in [5.41, 5.74) is 8.24. The highest BCUT2D eigenvalue weighted by atomic mass is 16.5. The number of aryl methyl sites for hydroxylation is 1. The van der Waals surface area contributed by atoms with Gasteiger partial charge in [0.05, 0.1) is 23.8 Å². The van der Waals surface area contributed by atoms with Crippen molar-refractivity contribution < 1.29 is 14.6 Å². The Morgan fingerprint density at radius 2 is 1.93 bits per heavy atom. The number of ether oxygens (including phenoxy) is 1. The number of para-hydroxylation sites is 2. The number of rotatable bonds is 13. The Balaban J connectivity index is 1.23. The molecule has 0 bridgehead atoms. The fourth-order valence-electron chi connectivity index (χ4n) is 3.32. The van der Waals surface area contributed by atoms with Gasteiger partial charge in [-0.1, -0.05) is 30.7 Å². The lowest BCUT2D eigenvalue weighted by Gasteiger charge is -2.13. The molecule has 1 unspecified atom stereocenters. The molecule has 7 heteroatoms. The van der Waals surface area contributed by atoms with Crippen LogP contribution in [0, 0.1) is 0 Å². The summed E-state index contributed by atoms with van der Waals surface area (Å²) in [6, 6.07) is 15.3. The third-order valence-corrected chi connectivity index (χ3v) is 4.90. The van der Waals surface area contributed by atoms with Crippen LogP contribution in [0.5, 0.6) is 5.75 Å². The molecule has 30 heavy (non-hydrogen) atoms. The van der Waals surface area contributed by atoms with E-state index in [1.807, 2.05) is 24.5 Å². The molecule has 1 aromatic heterocycles. The van der Waals surface area contributed by atoms with Gasteiger partial charge in [0, 0.05) is 13.1 Å². The lowest BCUT2D eigenvalue weighted by Crippen LogP contribution is -2.32. The van der Waals surface area contributed by atoms with Crippen molar-refractivity contribution in [3.63, 3.8) is 0 Å². The maximum atomic E-state index is 10.9. The molecule has 1 atom stereocenters. The molecule has 3 aromatic rings. The minimum absolute atomic E-state index is 0.214. The minimum Gasteiger partial charge on any atom is -0.491 e. The van der Waals surface area contributed by atoms with Gasteiger partial charge < -0.3 is 25.5 Å². The number of nitrogens with zero attached hydrogens (tertiary/aromatic N) is 2. The Bertz CT molecular complexity index is 924. The lowest BCUT2D eigenvalue weighted by molar-refractivity contribution is -0.117. The Kier molecular flexibility index (Phi) is 8.23. The second kappa shape index (κ2) is 11.3. The van der Waals surface area contributed by atoms with Gasteiger partial charge in [-0.05, 0) is 49.2 Å². The topological polar surface area (TPSA) is 102 Å². The number of hydrogen-bond donors (Lipinski definition) is 3. The van der Waals surface area contributed by atoms with Crippen LogP contribution in [-0.2, 0) is 17.8 Å². The molecule has 0 saturated heterocycles. The highest BCUT2D eigenvalue weighted by molar-refractivity contribution is 5.76. The number of nitrogens with one attached hydrogen (secondary N) is 1. The number of aliphatic hydroxyl groups excluding tert-OH is 1. The fraction of sp³-hybridized carbons (Fsp3) is 0.391. The molecule has 2 aromatic carbocycles. The van der Waals surface area contributed by atoms with Gasteiger partial charge in [0.2, 0.25) is 5.91 Å². The summed E-state index contributed by atoms with van der Waals surface area (Å²) >= 11 is 0. The van der Waals surface area contributed by atoms with Crippen LogP contribution in [0.4, 0.5) is 0 Å². The number of aromatic nitrogens is 2. The van der Waals surface area contributed by atoms with Gasteiger partial charge in [-0.2, -0.15) is 0 Å². The highest BCUT2D eigenvalue weighted by Gasteiger charge is 2.06. The van der Waals surface area contributed by atoms with Gasteiger partial charge in [0.25, 0.3) is 0 Å². The van der Waals surface area contributed by atoms with E-state index in [1.54, 1.807) is 24.3 Å². The van der Waals surface area contributed by atoms with E-state index in [9.17, 15) is 9.90 Å². The van der Waals surface area contributed by atoms with Gasteiger partial charge >= 0.3 is 0 Å². The van der Waals surface area contributed by atoms with E-state index in [2.05, 4.69) is 20.9 Å². The number of unbranched alkanes of at least 4 members (excludes halogenated alkanes) is 2. The minimum atomic E-state index is -0.576. The monoisotopic (exact) mass is 410 g/mol.